The number of hydrogen-bond donors (Lipinski definition) is 1. The fourth-order valence-corrected chi connectivity index (χ4v) is 4.58. The number of rotatable bonds is 7. The Bertz CT molecular complexity index is 635. The van der Waals surface area contributed by atoms with Gasteiger partial charge in [-0.3, -0.25) is 4.79 Å². The third-order valence-electron chi connectivity index (χ3n) is 3.96. The van der Waals surface area contributed by atoms with Crippen LogP contribution in [0, 0.1) is 5.92 Å². The van der Waals surface area contributed by atoms with Gasteiger partial charge in [0.25, 0.3) is 10.2 Å². The maximum Gasteiger partial charge on any atom is 0.281 e. The van der Waals surface area contributed by atoms with Crippen LogP contribution in [0.1, 0.15) is 12.8 Å². The quantitative estimate of drug-likeness (QED) is 0.581. The number of amides is 1. The molecular weight excluding hydrogens is 346 g/mol. The van der Waals surface area contributed by atoms with Crippen molar-refractivity contribution >= 4 is 27.9 Å². The topological polar surface area (TPSA) is 69.7 Å². The minimum Gasteiger partial charge on any atom is -0.355 e. The van der Waals surface area contributed by atoms with Gasteiger partial charge in [-0.25, -0.2) is 0 Å². The molecule has 2 rings (SSSR count). The lowest BCUT2D eigenvalue weighted by Crippen LogP contribution is -2.49. The van der Waals surface area contributed by atoms with Crippen molar-refractivity contribution in [3.8, 4) is 0 Å². The lowest BCUT2D eigenvalue weighted by Gasteiger charge is -2.32. The molecule has 0 aliphatic carbocycles. The van der Waals surface area contributed by atoms with E-state index in [-0.39, 0.29) is 18.4 Å². The number of hydrogen-bond acceptors (Lipinski definition) is 4. The summed E-state index contributed by atoms with van der Waals surface area (Å²) in [6.07, 6.45) is 1.45. The average Bonchev–Trinajstić information content (AvgIpc) is 2.59. The SMILES string of the molecule is CN(C)S(=O)(=O)N1CCC[C@@H](C(=O)NCCSc2ccccc2)C1. The Morgan fingerprint density at radius 2 is 2.04 bits per heavy atom. The first-order valence-electron chi connectivity index (χ1n) is 8.04. The molecule has 1 aromatic rings. The predicted octanol–water partition coefficient (Wildman–Crippen LogP) is 1.41. The number of piperidine rings is 1. The van der Waals surface area contributed by atoms with Crippen LogP contribution in [-0.2, 0) is 15.0 Å². The summed E-state index contributed by atoms with van der Waals surface area (Å²) in [5.41, 5.74) is 0. The molecule has 8 heteroatoms. The van der Waals surface area contributed by atoms with Gasteiger partial charge < -0.3 is 5.32 Å². The van der Waals surface area contributed by atoms with Crippen LogP contribution in [-0.4, -0.2) is 62.4 Å². The van der Waals surface area contributed by atoms with E-state index in [2.05, 4.69) is 5.32 Å². The Labute approximate surface area is 148 Å². The van der Waals surface area contributed by atoms with Crippen LogP contribution in [0.3, 0.4) is 0 Å². The van der Waals surface area contributed by atoms with E-state index in [0.717, 1.165) is 12.2 Å². The Morgan fingerprint density at radius 3 is 2.71 bits per heavy atom. The van der Waals surface area contributed by atoms with Crippen LogP contribution >= 0.6 is 11.8 Å². The molecule has 0 unspecified atom stereocenters. The second-order valence-electron chi connectivity index (χ2n) is 5.94. The minimum atomic E-state index is -3.45. The Morgan fingerprint density at radius 1 is 1.33 bits per heavy atom. The fraction of sp³-hybridized carbons (Fsp3) is 0.562. The molecule has 6 nitrogen and oxygen atoms in total. The van der Waals surface area contributed by atoms with Gasteiger partial charge in [0.15, 0.2) is 0 Å². The van der Waals surface area contributed by atoms with E-state index >= 15 is 0 Å². The number of benzene rings is 1. The van der Waals surface area contributed by atoms with E-state index in [1.54, 1.807) is 11.8 Å². The molecule has 1 amide bonds. The molecule has 1 aliphatic heterocycles. The van der Waals surface area contributed by atoms with Crippen molar-refractivity contribution in [2.45, 2.75) is 17.7 Å². The van der Waals surface area contributed by atoms with Gasteiger partial charge >= 0.3 is 0 Å². The highest BCUT2D eigenvalue weighted by atomic mass is 32.2. The van der Waals surface area contributed by atoms with Gasteiger partial charge in [-0.1, -0.05) is 18.2 Å². The van der Waals surface area contributed by atoms with E-state index in [1.807, 2.05) is 30.3 Å². The first kappa shape index (κ1) is 19.2. The van der Waals surface area contributed by atoms with Crippen molar-refractivity contribution < 1.29 is 13.2 Å². The van der Waals surface area contributed by atoms with E-state index in [9.17, 15) is 13.2 Å². The first-order chi connectivity index (χ1) is 11.4. The molecule has 0 spiro atoms. The lowest BCUT2D eigenvalue weighted by molar-refractivity contribution is -0.125. The normalized spacial score (nSPS) is 19.4. The summed E-state index contributed by atoms with van der Waals surface area (Å²) < 4.78 is 27.0. The summed E-state index contributed by atoms with van der Waals surface area (Å²) in [4.78, 5) is 13.5. The van der Waals surface area contributed by atoms with Crippen LogP contribution in [0.15, 0.2) is 35.2 Å². The predicted molar refractivity (Wildman–Crippen MR) is 97.1 cm³/mol. The third kappa shape index (κ3) is 5.20. The maximum absolute atomic E-state index is 12.3. The number of carbonyl (C=O) groups excluding carboxylic acids is 1. The van der Waals surface area contributed by atoms with Gasteiger partial charge in [0.05, 0.1) is 5.92 Å². The zero-order chi connectivity index (χ0) is 17.6. The van der Waals surface area contributed by atoms with Gasteiger partial charge in [0.1, 0.15) is 0 Å². The third-order valence-corrected chi connectivity index (χ3v) is 6.88. The van der Waals surface area contributed by atoms with Gasteiger partial charge in [-0.2, -0.15) is 17.0 Å². The minimum absolute atomic E-state index is 0.0534. The largest absolute Gasteiger partial charge is 0.355 e. The molecule has 0 bridgehead atoms. The van der Waals surface area contributed by atoms with Gasteiger partial charge in [0.2, 0.25) is 5.91 Å². The Hall–Kier alpha value is -1.09. The highest BCUT2D eigenvalue weighted by Crippen LogP contribution is 2.20. The molecule has 0 aromatic heterocycles. The van der Waals surface area contributed by atoms with Crippen molar-refractivity contribution in [3.05, 3.63) is 30.3 Å². The average molecular weight is 372 g/mol. The smallest absolute Gasteiger partial charge is 0.281 e. The standard InChI is InChI=1S/C16H25N3O3S2/c1-18(2)24(21,22)19-11-6-7-14(13-19)16(20)17-10-12-23-15-8-4-3-5-9-15/h3-5,8-9,14H,6-7,10-13H2,1-2H3,(H,17,20)/t14-/m1/s1. The van der Waals surface area contributed by atoms with Gasteiger partial charge in [-0.15, -0.1) is 11.8 Å². The van der Waals surface area contributed by atoms with Crippen LogP contribution in [0.4, 0.5) is 0 Å². The number of carbonyl (C=O) groups is 1. The molecule has 24 heavy (non-hydrogen) atoms. The molecule has 1 aliphatic rings. The van der Waals surface area contributed by atoms with Crippen LogP contribution in [0.2, 0.25) is 0 Å². The van der Waals surface area contributed by atoms with Crippen molar-refractivity contribution in [1.29, 1.82) is 0 Å². The van der Waals surface area contributed by atoms with E-state index in [1.165, 1.54) is 27.6 Å². The molecule has 1 heterocycles. The second kappa shape index (κ2) is 8.84. The monoisotopic (exact) mass is 371 g/mol. The molecule has 1 atom stereocenters. The lowest BCUT2D eigenvalue weighted by atomic mass is 9.99. The molecule has 1 saturated heterocycles. The highest BCUT2D eigenvalue weighted by molar-refractivity contribution is 7.99. The molecular formula is C16H25N3O3S2. The Balaban J connectivity index is 1.78. The molecule has 0 radical (unpaired) electrons. The van der Waals surface area contributed by atoms with Gasteiger partial charge in [-0.05, 0) is 25.0 Å². The molecule has 1 N–H and O–H groups in total. The number of thioether (sulfide) groups is 1. The summed E-state index contributed by atoms with van der Waals surface area (Å²) in [6, 6.07) is 10.0. The van der Waals surface area contributed by atoms with Crippen molar-refractivity contribution in [3.63, 3.8) is 0 Å². The maximum atomic E-state index is 12.3. The zero-order valence-electron chi connectivity index (χ0n) is 14.1. The fourth-order valence-electron chi connectivity index (χ4n) is 2.60. The van der Waals surface area contributed by atoms with Gasteiger partial charge in [0, 0.05) is 44.4 Å². The first-order valence-corrected chi connectivity index (χ1v) is 10.4. The van der Waals surface area contributed by atoms with Crippen molar-refractivity contribution in [1.82, 2.24) is 13.9 Å². The number of nitrogens with one attached hydrogen (secondary N) is 1. The second-order valence-corrected chi connectivity index (χ2v) is 9.25. The summed E-state index contributed by atoms with van der Waals surface area (Å²) in [5, 5.41) is 2.93. The summed E-state index contributed by atoms with van der Waals surface area (Å²) >= 11 is 1.69. The molecule has 1 aromatic carbocycles. The van der Waals surface area contributed by atoms with Crippen LogP contribution < -0.4 is 5.32 Å². The van der Waals surface area contributed by atoms with E-state index in [0.29, 0.717) is 19.5 Å². The van der Waals surface area contributed by atoms with Crippen molar-refractivity contribution in [2.24, 2.45) is 5.92 Å². The summed E-state index contributed by atoms with van der Waals surface area (Å²) in [6.45, 7) is 1.32. The molecule has 1 fully saturated rings. The van der Waals surface area contributed by atoms with Crippen molar-refractivity contribution in [2.75, 3.05) is 39.5 Å². The van der Waals surface area contributed by atoms with E-state index < -0.39 is 10.2 Å². The van der Waals surface area contributed by atoms with E-state index in [4.69, 9.17) is 0 Å². The zero-order valence-corrected chi connectivity index (χ0v) is 15.8. The summed E-state index contributed by atoms with van der Waals surface area (Å²) in [5.74, 6) is 0.472. The van der Waals surface area contributed by atoms with Crippen LogP contribution in [0.25, 0.3) is 0 Å². The summed E-state index contributed by atoms with van der Waals surface area (Å²) in [7, 11) is -0.418. The number of nitrogens with zero attached hydrogens (tertiary/aromatic N) is 2. The Kier molecular flexibility index (Phi) is 7.09. The van der Waals surface area contributed by atoms with Crippen LogP contribution in [0.5, 0.6) is 0 Å². The highest BCUT2D eigenvalue weighted by Gasteiger charge is 2.33. The molecule has 134 valence electrons. The molecule has 0 saturated carbocycles.